The highest BCUT2D eigenvalue weighted by atomic mass is 32.1. The Morgan fingerprint density at radius 2 is 1.97 bits per heavy atom. The van der Waals surface area contributed by atoms with E-state index in [0.29, 0.717) is 35.8 Å². The minimum Gasteiger partial charge on any atom is -0.444 e. The van der Waals surface area contributed by atoms with Gasteiger partial charge in [0.1, 0.15) is 11.7 Å². The van der Waals surface area contributed by atoms with E-state index in [9.17, 15) is 9.59 Å². The summed E-state index contributed by atoms with van der Waals surface area (Å²) >= 11 is 1.21. The molecule has 2 amide bonds. The maximum Gasteiger partial charge on any atom is 0.278 e. The third-order valence-electron chi connectivity index (χ3n) is 6.11. The number of anilines is 1. The van der Waals surface area contributed by atoms with Crippen LogP contribution in [0.3, 0.4) is 0 Å². The van der Waals surface area contributed by atoms with Crippen molar-refractivity contribution in [2.24, 2.45) is 0 Å². The lowest BCUT2D eigenvalue weighted by atomic mass is 10.0. The topological polar surface area (TPSA) is 88.3 Å². The monoisotopic (exact) mass is 520 g/mol. The van der Waals surface area contributed by atoms with Crippen molar-refractivity contribution in [1.82, 2.24) is 15.3 Å². The quantitative estimate of drug-likeness (QED) is 0.313. The molecule has 0 saturated carbocycles. The number of allylic oxidation sites excluding steroid dienone is 2. The summed E-state index contributed by atoms with van der Waals surface area (Å²) in [6.07, 6.45) is 15.6. The molecule has 1 aliphatic rings. The molecule has 0 radical (unpaired) electrons. The number of aromatic nitrogens is 2. The van der Waals surface area contributed by atoms with Crippen LogP contribution in [0.4, 0.5) is 5.69 Å². The molecular formula is C30H24N4O3S. The maximum atomic E-state index is 13.9. The highest BCUT2D eigenvalue weighted by molar-refractivity contribution is 7.10. The predicted octanol–water partition coefficient (Wildman–Crippen LogP) is 5.04. The number of terminal acetylenes is 1. The number of carbonyl (C=O) groups is 2. The Hall–Kier alpha value is -4.74. The average Bonchev–Trinajstić information content (AvgIpc) is 3.75. The number of oxazole rings is 1. The van der Waals surface area contributed by atoms with Crippen LogP contribution in [0.5, 0.6) is 0 Å². The Kier molecular flexibility index (Phi) is 7.57. The molecule has 2 aromatic carbocycles. The summed E-state index contributed by atoms with van der Waals surface area (Å²) in [7, 11) is 0. The second kappa shape index (κ2) is 11.5. The molecule has 1 aliphatic carbocycles. The van der Waals surface area contributed by atoms with Gasteiger partial charge in [-0.3, -0.25) is 14.5 Å². The van der Waals surface area contributed by atoms with E-state index in [1.807, 2.05) is 60.7 Å². The first-order chi connectivity index (χ1) is 18.6. The minimum absolute atomic E-state index is 0.187. The van der Waals surface area contributed by atoms with Crippen molar-refractivity contribution in [3.05, 3.63) is 113 Å². The second-order valence-electron chi connectivity index (χ2n) is 8.54. The van der Waals surface area contributed by atoms with E-state index in [1.54, 1.807) is 23.7 Å². The molecule has 1 atom stereocenters. The molecule has 0 bridgehead atoms. The fourth-order valence-corrected chi connectivity index (χ4v) is 4.85. The molecule has 1 unspecified atom stereocenters. The van der Waals surface area contributed by atoms with E-state index in [0.717, 1.165) is 16.7 Å². The van der Waals surface area contributed by atoms with E-state index < -0.39 is 11.9 Å². The normalized spacial score (nSPS) is 13.0. The molecule has 2 heterocycles. The molecule has 5 rings (SSSR count). The third kappa shape index (κ3) is 5.48. The van der Waals surface area contributed by atoms with Crippen molar-refractivity contribution >= 4 is 28.8 Å². The summed E-state index contributed by atoms with van der Waals surface area (Å²) in [6, 6.07) is 16.3. The van der Waals surface area contributed by atoms with E-state index in [2.05, 4.69) is 21.2 Å². The van der Waals surface area contributed by atoms with Crippen LogP contribution < -0.4 is 10.2 Å². The zero-order chi connectivity index (χ0) is 26.3. The molecule has 38 heavy (non-hydrogen) atoms. The van der Waals surface area contributed by atoms with Gasteiger partial charge in [0.15, 0.2) is 17.2 Å². The van der Waals surface area contributed by atoms with Crippen molar-refractivity contribution < 1.29 is 14.0 Å². The predicted molar refractivity (Wildman–Crippen MR) is 148 cm³/mol. The van der Waals surface area contributed by atoms with Gasteiger partial charge in [-0.25, -0.2) is 9.97 Å². The second-order valence-corrected chi connectivity index (χ2v) is 9.40. The number of rotatable bonds is 9. The number of amides is 2. The molecule has 0 spiro atoms. The van der Waals surface area contributed by atoms with E-state index in [4.69, 9.17) is 10.8 Å². The Labute approximate surface area is 224 Å². The number of hydrogen-bond donors (Lipinski definition) is 1. The van der Waals surface area contributed by atoms with Crippen molar-refractivity contribution in [2.45, 2.75) is 18.9 Å². The lowest BCUT2D eigenvalue weighted by molar-refractivity contribution is -0.121. The standard InChI is InChI=1S/C30H24N4O3S/c1-2-27-33-25(19-38-27)30(36)34(24-14-12-22(13-15-24)26-18-31-20-37-26)28(23-10-6-7-11-23)29(35)32-17-16-21-8-4-3-5-9-21/h1,3-6,8-15,18-20,28H,7,16-17H2,(H,32,35). The molecule has 8 heteroatoms. The largest absolute Gasteiger partial charge is 0.444 e. The molecular weight excluding hydrogens is 496 g/mol. The van der Waals surface area contributed by atoms with Crippen LogP contribution in [-0.4, -0.2) is 34.4 Å². The van der Waals surface area contributed by atoms with Crippen LogP contribution in [0.15, 0.2) is 101 Å². The lowest BCUT2D eigenvalue weighted by Crippen LogP contribution is -2.51. The van der Waals surface area contributed by atoms with Gasteiger partial charge < -0.3 is 9.73 Å². The Morgan fingerprint density at radius 1 is 1.16 bits per heavy atom. The molecule has 4 aromatic rings. The van der Waals surface area contributed by atoms with Gasteiger partial charge >= 0.3 is 0 Å². The van der Waals surface area contributed by atoms with Gasteiger partial charge in [0.2, 0.25) is 5.91 Å². The zero-order valence-electron chi connectivity index (χ0n) is 20.4. The van der Waals surface area contributed by atoms with Gasteiger partial charge in [-0.1, -0.05) is 48.6 Å². The van der Waals surface area contributed by atoms with Crippen molar-refractivity contribution in [3.8, 4) is 23.7 Å². The summed E-state index contributed by atoms with van der Waals surface area (Å²) in [5.74, 6) is 2.38. The first-order valence-corrected chi connectivity index (χ1v) is 12.9. The van der Waals surface area contributed by atoms with Crippen LogP contribution in [0.1, 0.15) is 27.5 Å². The van der Waals surface area contributed by atoms with E-state index in [-0.39, 0.29) is 11.6 Å². The molecule has 0 fully saturated rings. The van der Waals surface area contributed by atoms with Crippen LogP contribution >= 0.6 is 11.3 Å². The Balaban J connectivity index is 1.49. The van der Waals surface area contributed by atoms with Gasteiger partial charge in [-0.2, -0.15) is 0 Å². The fraction of sp³-hybridized carbons (Fsp3) is 0.133. The summed E-state index contributed by atoms with van der Waals surface area (Å²) in [6.45, 7) is 0.431. The third-order valence-corrected chi connectivity index (χ3v) is 6.88. The van der Waals surface area contributed by atoms with Crippen LogP contribution in [0, 0.1) is 12.3 Å². The number of carbonyl (C=O) groups excluding carboxylic acids is 2. The Morgan fingerprint density at radius 3 is 2.63 bits per heavy atom. The van der Waals surface area contributed by atoms with Gasteiger partial charge in [0.05, 0.1) is 6.20 Å². The fourth-order valence-electron chi connectivity index (χ4n) is 4.26. The maximum absolute atomic E-state index is 13.9. The SMILES string of the molecule is C#Cc1nc(C(=O)N(c2ccc(-c3cnco3)cc2)C(C(=O)NCCc2ccccc2)C2=CCC=C2)cs1. The van der Waals surface area contributed by atoms with Crippen LogP contribution in [0.2, 0.25) is 0 Å². The number of hydrogen-bond acceptors (Lipinski definition) is 6. The van der Waals surface area contributed by atoms with Crippen molar-refractivity contribution in [3.63, 3.8) is 0 Å². The van der Waals surface area contributed by atoms with Crippen LogP contribution in [0.25, 0.3) is 11.3 Å². The van der Waals surface area contributed by atoms with Gasteiger partial charge in [-0.05, 0) is 54.2 Å². The first-order valence-electron chi connectivity index (χ1n) is 12.1. The van der Waals surface area contributed by atoms with Gasteiger partial charge in [-0.15, -0.1) is 17.8 Å². The molecule has 188 valence electrons. The van der Waals surface area contributed by atoms with Crippen LogP contribution in [-0.2, 0) is 11.2 Å². The highest BCUT2D eigenvalue weighted by Gasteiger charge is 2.35. The van der Waals surface area contributed by atoms with E-state index >= 15 is 0 Å². The molecule has 0 saturated heterocycles. The Bertz CT molecular complexity index is 1510. The van der Waals surface area contributed by atoms with E-state index in [1.165, 1.54) is 22.6 Å². The van der Waals surface area contributed by atoms with Gasteiger partial charge in [0, 0.05) is 23.2 Å². The smallest absolute Gasteiger partial charge is 0.278 e. The number of nitrogens with one attached hydrogen (secondary N) is 1. The number of nitrogens with zero attached hydrogens (tertiary/aromatic N) is 3. The number of thiazole rings is 1. The summed E-state index contributed by atoms with van der Waals surface area (Å²) in [5, 5.41) is 5.06. The highest BCUT2D eigenvalue weighted by Crippen LogP contribution is 2.29. The number of benzene rings is 2. The summed E-state index contributed by atoms with van der Waals surface area (Å²) in [5.41, 5.74) is 3.38. The molecule has 1 N–H and O–H groups in total. The average molecular weight is 521 g/mol. The lowest BCUT2D eigenvalue weighted by Gasteiger charge is -2.31. The minimum atomic E-state index is -0.899. The zero-order valence-corrected chi connectivity index (χ0v) is 21.2. The molecule has 2 aromatic heterocycles. The van der Waals surface area contributed by atoms with Crippen molar-refractivity contribution in [2.75, 3.05) is 11.4 Å². The first kappa shape index (κ1) is 24.9. The molecule has 0 aliphatic heterocycles. The van der Waals surface area contributed by atoms with Crippen molar-refractivity contribution in [1.29, 1.82) is 0 Å². The summed E-state index contributed by atoms with van der Waals surface area (Å²) in [4.78, 5) is 37.4. The molecule has 7 nitrogen and oxygen atoms in total. The summed E-state index contributed by atoms with van der Waals surface area (Å²) < 4.78 is 5.40. The van der Waals surface area contributed by atoms with Gasteiger partial charge in [0.25, 0.3) is 5.91 Å².